The van der Waals surface area contributed by atoms with Gasteiger partial charge in [0.25, 0.3) is 0 Å². The SMILES string of the molecule is CSc1nc(SCCc2ccccc2)c2sc3nc(N4CCOCC4)c4c(c3c2n1)CC(C)(C)OC4. The van der Waals surface area contributed by atoms with Gasteiger partial charge in [0.1, 0.15) is 15.7 Å². The summed E-state index contributed by atoms with van der Waals surface area (Å²) in [5.74, 6) is 2.03. The molecule has 0 N–H and O–H groups in total. The molecule has 3 aromatic heterocycles. The Bertz CT molecular complexity index is 1400. The largest absolute Gasteiger partial charge is 0.378 e. The number of aryl methyl sites for hydroxylation is 1. The minimum absolute atomic E-state index is 0.222. The molecule has 0 unspecified atom stereocenters. The molecule has 9 heteroatoms. The average molecular weight is 539 g/mol. The lowest BCUT2D eigenvalue weighted by molar-refractivity contribution is -0.0396. The number of hydrogen-bond acceptors (Lipinski definition) is 9. The summed E-state index contributed by atoms with van der Waals surface area (Å²) >= 11 is 5.17. The Morgan fingerprint density at radius 3 is 2.64 bits per heavy atom. The second-order valence-corrected chi connectivity index (χ2v) is 12.6. The minimum atomic E-state index is -0.222. The molecule has 0 amide bonds. The van der Waals surface area contributed by atoms with Crippen LogP contribution in [0, 0.1) is 0 Å². The molecule has 1 saturated heterocycles. The van der Waals surface area contributed by atoms with E-state index in [-0.39, 0.29) is 5.60 Å². The van der Waals surface area contributed by atoms with E-state index in [4.69, 9.17) is 24.4 Å². The van der Waals surface area contributed by atoms with Crippen LogP contribution in [0.25, 0.3) is 20.4 Å². The van der Waals surface area contributed by atoms with E-state index in [1.807, 2.05) is 11.8 Å². The zero-order valence-electron chi connectivity index (χ0n) is 20.9. The van der Waals surface area contributed by atoms with Crippen LogP contribution in [0.1, 0.15) is 30.5 Å². The highest BCUT2D eigenvalue weighted by atomic mass is 32.2. The van der Waals surface area contributed by atoms with Gasteiger partial charge < -0.3 is 14.4 Å². The van der Waals surface area contributed by atoms with Gasteiger partial charge in [0.2, 0.25) is 0 Å². The molecule has 1 fully saturated rings. The van der Waals surface area contributed by atoms with Crippen molar-refractivity contribution in [2.45, 2.75) is 49.1 Å². The molecule has 2 aliphatic rings. The molecule has 0 bridgehead atoms. The van der Waals surface area contributed by atoms with Gasteiger partial charge in [-0.05, 0) is 37.7 Å². The molecule has 1 aromatic carbocycles. The number of thiophene rings is 1. The summed E-state index contributed by atoms with van der Waals surface area (Å²) in [5, 5.41) is 3.08. The number of ether oxygens (including phenoxy) is 2. The number of pyridine rings is 1. The van der Waals surface area contributed by atoms with Crippen molar-refractivity contribution in [1.82, 2.24) is 15.0 Å². The summed E-state index contributed by atoms with van der Waals surface area (Å²) in [7, 11) is 0. The molecule has 0 saturated carbocycles. The quantitative estimate of drug-likeness (QED) is 0.169. The average Bonchev–Trinajstić information content (AvgIpc) is 3.27. The number of anilines is 1. The van der Waals surface area contributed by atoms with E-state index in [9.17, 15) is 0 Å². The van der Waals surface area contributed by atoms with Crippen LogP contribution in [-0.2, 0) is 28.9 Å². The number of rotatable bonds is 6. The van der Waals surface area contributed by atoms with E-state index in [0.717, 1.165) is 75.9 Å². The smallest absolute Gasteiger partial charge is 0.189 e. The highest BCUT2D eigenvalue weighted by molar-refractivity contribution is 7.99. The van der Waals surface area contributed by atoms with Crippen LogP contribution in [0.2, 0.25) is 0 Å². The molecule has 4 aromatic rings. The minimum Gasteiger partial charge on any atom is -0.378 e. The number of benzene rings is 1. The fraction of sp³-hybridized carbons (Fsp3) is 0.444. The highest BCUT2D eigenvalue weighted by Crippen LogP contribution is 2.45. The van der Waals surface area contributed by atoms with Crippen LogP contribution in [-0.4, -0.2) is 58.9 Å². The first kappa shape index (κ1) is 24.4. The molecule has 188 valence electrons. The van der Waals surface area contributed by atoms with Crippen molar-refractivity contribution < 1.29 is 9.47 Å². The molecular weight excluding hydrogens is 509 g/mol. The first-order valence-corrected chi connectivity index (χ1v) is 15.4. The first-order valence-electron chi connectivity index (χ1n) is 12.4. The monoisotopic (exact) mass is 538 g/mol. The third-order valence-corrected chi connectivity index (χ3v) is 9.52. The van der Waals surface area contributed by atoms with E-state index in [0.29, 0.717) is 6.61 Å². The van der Waals surface area contributed by atoms with Crippen LogP contribution in [0.3, 0.4) is 0 Å². The summed E-state index contributed by atoms with van der Waals surface area (Å²) in [6.07, 6.45) is 3.91. The van der Waals surface area contributed by atoms with Crippen LogP contribution in [0.15, 0.2) is 40.5 Å². The summed E-state index contributed by atoms with van der Waals surface area (Å²) in [6, 6.07) is 10.7. The van der Waals surface area contributed by atoms with Crippen molar-refractivity contribution in [3.8, 4) is 0 Å². The normalized spacial score (nSPS) is 17.6. The summed E-state index contributed by atoms with van der Waals surface area (Å²) in [6.45, 7) is 8.12. The van der Waals surface area contributed by atoms with Crippen molar-refractivity contribution in [3.63, 3.8) is 0 Å². The zero-order chi connectivity index (χ0) is 24.7. The van der Waals surface area contributed by atoms with Gasteiger partial charge in [-0.25, -0.2) is 15.0 Å². The van der Waals surface area contributed by atoms with Crippen molar-refractivity contribution in [1.29, 1.82) is 0 Å². The van der Waals surface area contributed by atoms with Crippen LogP contribution < -0.4 is 4.90 Å². The molecule has 6 rings (SSSR count). The van der Waals surface area contributed by atoms with Crippen molar-refractivity contribution in [2.24, 2.45) is 0 Å². The van der Waals surface area contributed by atoms with Gasteiger partial charge in [0.05, 0.1) is 35.6 Å². The number of morpholine rings is 1. The second kappa shape index (κ2) is 10.1. The molecule has 2 aliphatic heterocycles. The number of hydrogen-bond donors (Lipinski definition) is 0. The predicted octanol–water partition coefficient (Wildman–Crippen LogP) is 5.98. The zero-order valence-corrected chi connectivity index (χ0v) is 23.3. The van der Waals surface area contributed by atoms with Gasteiger partial charge in [-0.15, -0.1) is 23.1 Å². The Hall–Kier alpha value is -1.91. The molecule has 0 atom stereocenters. The Balaban J connectivity index is 1.48. The predicted molar refractivity (Wildman–Crippen MR) is 151 cm³/mol. The maximum absolute atomic E-state index is 6.29. The molecule has 0 spiro atoms. The van der Waals surface area contributed by atoms with E-state index in [2.05, 4.69) is 55.3 Å². The Morgan fingerprint density at radius 1 is 1.06 bits per heavy atom. The third kappa shape index (κ3) is 4.72. The Kier molecular flexibility index (Phi) is 6.85. The fourth-order valence-electron chi connectivity index (χ4n) is 4.95. The van der Waals surface area contributed by atoms with Crippen LogP contribution >= 0.6 is 34.9 Å². The van der Waals surface area contributed by atoms with Crippen molar-refractivity contribution in [3.05, 3.63) is 47.0 Å². The third-order valence-electron chi connectivity index (χ3n) is 6.78. The number of nitrogens with zero attached hydrogens (tertiary/aromatic N) is 4. The summed E-state index contributed by atoms with van der Waals surface area (Å²) in [5.41, 5.74) is 4.73. The van der Waals surface area contributed by atoms with Crippen LogP contribution in [0.5, 0.6) is 0 Å². The maximum Gasteiger partial charge on any atom is 0.189 e. The van der Waals surface area contributed by atoms with Gasteiger partial charge >= 0.3 is 0 Å². The fourth-order valence-corrected chi connectivity index (χ4v) is 7.61. The maximum atomic E-state index is 6.29. The number of thioether (sulfide) groups is 2. The Labute approximate surface area is 224 Å². The summed E-state index contributed by atoms with van der Waals surface area (Å²) in [4.78, 5) is 18.7. The lowest BCUT2D eigenvalue weighted by atomic mass is 9.90. The van der Waals surface area contributed by atoms with E-state index in [1.165, 1.54) is 22.1 Å². The molecular formula is C27H30N4O2S3. The Morgan fingerprint density at radius 2 is 1.86 bits per heavy atom. The van der Waals surface area contributed by atoms with E-state index >= 15 is 0 Å². The van der Waals surface area contributed by atoms with Crippen molar-refractivity contribution in [2.75, 3.05) is 43.2 Å². The van der Waals surface area contributed by atoms with Gasteiger partial charge in [0, 0.05) is 36.2 Å². The standard InChI is InChI=1S/C27H30N4O2S3/c1-27(2)15-18-19(16-33-27)23(31-10-12-32-13-11-31)29-24-20(18)21-22(36-24)25(30-26(28-21)34-3)35-14-9-17-7-5-4-6-8-17/h4-8H,9-16H2,1-3H3. The van der Waals surface area contributed by atoms with E-state index in [1.54, 1.807) is 23.1 Å². The van der Waals surface area contributed by atoms with Gasteiger partial charge in [-0.3, -0.25) is 0 Å². The first-order chi connectivity index (χ1) is 17.5. The molecule has 6 nitrogen and oxygen atoms in total. The molecule has 0 radical (unpaired) electrons. The molecule has 5 heterocycles. The highest BCUT2D eigenvalue weighted by Gasteiger charge is 2.33. The second-order valence-electron chi connectivity index (χ2n) is 9.78. The van der Waals surface area contributed by atoms with Gasteiger partial charge in [-0.2, -0.15) is 0 Å². The number of fused-ring (bicyclic) bond motifs is 5. The topological polar surface area (TPSA) is 60.4 Å². The lowest BCUT2D eigenvalue weighted by Gasteiger charge is -2.36. The number of aromatic nitrogens is 3. The van der Waals surface area contributed by atoms with Gasteiger partial charge in [0.15, 0.2) is 5.16 Å². The van der Waals surface area contributed by atoms with E-state index < -0.39 is 0 Å². The van der Waals surface area contributed by atoms with Gasteiger partial charge in [-0.1, -0.05) is 42.1 Å². The van der Waals surface area contributed by atoms with Crippen LogP contribution in [0.4, 0.5) is 5.82 Å². The van der Waals surface area contributed by atoms with Crippen molar-refractivity contribution >= 4 is 61.1 Å². The molecule has 36 heavy (non-hydrogen) atoms. The summed E-state index contributed by atoms with van der Waals surface area (Å²) < 4.78 is 13.1. The lowest BCUT2D eigenvalue weighted by Crippen LogP contribution is -2.39. The molecule has 0 aliphatic carbocycles.